The molecule has 2 N–H and O–H groups in total. The van der Waals surface area contributed by atoms with Gasteiger partial charge in [0.1, 0.15) is 0 Å². The van der Waals surface area contributed by atoms with Crippen LogP contribution in [0.2, 0.25) is 0 Å². The molecule has 0 aliphatic carbocycles. The average molecular weight is 337 g/mol. The molecule has 0 unspecified atom stereocenters. The van der Waals surface area contributed by atoms with Crippen LogP contribution in [-0.4, -0.2) is 23.7 Å². The summed E-state index contributed by atoms with van der Waals surface area (Å²) in [7, 11) is 0. The molecule has 0 bridgehead atoms. The summed E-state index contributed by atoms with van der Waals surface area (Å²) >= 11 is 5.43. The van der Waals surface area contributed by atoms with Crippen molar-refractivity contribution in [3.05, 3.63) is 29.3 Å². The number of benzene rings is 1. The van der Waals surface area contributed by atoms with E-state index in [1.165, 1.54) is 0 Å². The standard InChI is InChI=1S/C18H28N2O2S/c1-7-22-17(21)14-9-8-10-15(13(14)6)19-18(23)20-16(11(2)3)12(4)5/h8-12,16H,7H2,1-6H3,(H2,19,20,23). The van der Waals surface area contributed by atoms with E-state index in [2.05, 4.69) is 38.3 Å². The third kappa shape index (κ3) is 5.50. The Hall–Kier alpha value is -1.62. The Morgan fingerprint density at radius 1 is 1.22 bits per heavy atom. The Kier molecular flexibility index (Phi) is 7.49. The molecule has 0 radical (unpaired) electrons. The van der Waals surface area contributed by atoms with Crippen molar-refractivity contribution in [2.45, 2.75) is 47.6 Å². The molecule has 1 rings (SSSR count). The minimum absolute atomic E-state index is 0.295. The van der Waals surface area contributed by atoms with Crippen LogP contribution in [0.4, 0.5) is 5.69 Å². The molecule has 1 aromatic carbocycles. The first-order valence-corrected chi connectivity index (χ1v) is 8.53. The smallest absolute Gasteiger partial charge is 0.338 e. The number of thiocarbonyl (C=S) groups is 1. The van der Waals surface area contributed by atoms with Gasteiger partial charge in [-0.2, -0.15) is 0 Å². The number of nitrogens with one attached hydrogen (secondary N) is 2. The Labute approximate surface area is 145 Å². The van der Waals surface area contributed by atoms with Crippen LogP contribution < -0.4 is 10.6 Å². The zero-order chi connectivity index (χ0) is 17.6. The third-order valence-electron chi connectivity index (χ3n) is 3.81. The summed E-state index contributed by atoms with van der Waals surface area (Å²) < 4.78 is 5.08. The first kappa shape index (κ1) is 19.4. The second kappa shape index (κ2) is 8.87. The Balaban J connectivity index is 2.86. The zero-order valence-corrected chi connectivity index (χ0v) is 15.7. The van der Waals surface area contributed by atoms with E-state index < -0.39 is 0 Å². The van der Waals surface area contributed by atoms with Crippen LogP contribution in [0.1, 0.15) is 50.5 Å². The van der Waals surface area contributed by atoms with E-state index in [0.29, 0.717) is 35.2 Å². The summed E-state index contributed by atoms with van der Waals surface area (Å²) in [6, 6.07) is 5.79. The maximum Gasteiger partial charge on any atom is 0.338 e. The molecule has 0 saturated heterocycles. The first-order valence-electron chi connectivity index (χ1n) is 8.12. The van der Waals surface area contributed by atoms with E-state index in [0.717, 1.165) is 11.3 Å². The minimum Gasteiger partial charge on any atom is -0.462 e. The number of ether oxygens (including phenoxy) is 1. The van der Waals surface area contributed by atoms with Crippen LogP contribution in [0.3, 0.4) is 0 Å². The fourth-order valence-corrected chi connectivity index (χ4v) is 2.86. The lowest BCUT2D eigenvalue weighted by molar-refractivity contribution is 0.0525. The highest BCUT2D eigenvalue weighted by Crippen LogP contribution is 2.20. The summed E-state index contributed by atoms with van der Waals surface area (Å²) in [5.74, 6) is 0.637. The molecular formula is C18H28N2O2S. The van der Waals surface area contributed by atoms with E-state index in [9.17, 15) is 4.79 Å². The predicted octanol–water partition coefficient (Wildman–Crippen LogP) is 4.14. The van der Waals surface area contributed by atoms with Gasteiger partial charge >= 0.3 is 5.97 Å². The lowest BCUT2D eigenvalue weighted by atomic mass is 9.93. The van der Waals surface area contributed by atoms with Crippen molar-refractivity contribution in [1.29, 1.82) is 0 Å². The van der Waals surface area contributed by atoms with Crippen molar-refractivity contribution in [2.75, 3.05) is 11.9 Å². The molecule has 0 fully saturated rings. The normalized spacial score (nSPS) is 11.0. The summed E-state index contributed by atoms with van der Waals surface area (Å²) in [4.78, 5) is 12.0. The Morgan fingerprint density at radius 3 is 2.35 bits per heavy atom. The number of anilines is 1. The minimum atomic E-state index is -0.310. The van der Waals surface area contributed by atoms with Gasteiger partial charge in [0.15, 0.2) is 5.11 Å². The molecule has 128 valence electrons. The van der Waals surface area contributed by atoms with Gasteiger partial charge in [0.05, 0.1) is 12.2 Å². The van der Waals surface area contributed by atoms with E-state index in [1.54, 1.807) is 13.0 Å². The SMILES string of the molecule is CCOC(=O)c1cccc(NC(=S)NC(C(C)C)C(C)C)c1C. The van der Waals surface area contributed by atoms with Crippen LogP contribution in [0.25, 0.3) is 0 Å². The van der Waals surface area contributed by atoms with Gasteiger partial charge in [-0.15, -0.1) is 0 Å². The molecule has 0 spiro atoms. The fraction of sp³-hybridized carbons (Fsp3) is 0.556. The van der Waals surface area contributed by atoms with Crippen LogP contribution >= 0.6 is 12.2 Å². The van der Waals surface area contributed by atoms with Crippen molar-refractivity contribution >= 4 is 29.0 Å². The first-order chi connectivity index (χ1) is 10.8. The lowest BCUT2D eigenvalue weighted by Crippen LogP contribution is -2.44. The maximum atomic E-state index is 12.0. The van der Waals surface area contributed by atoms with Crippen molar-refractivity contribution in [3.8, 4) is 0 Å². The summed E-state index contributed by atoms with van der Waals surface area (Å²) in [5.41, 5.74) is 2.21. The third-order valence-corrected chi connectivity index (χ3v) is 4.03. The molecule has 1 aromatic rings. The Bertz CT molecular complexity index is 548. The van der Waals surface area contributed by atoms with Crippen molar-refractivity contribution in [2.24, 2.45) is 11.8 Å². The van der Waals surface area contributed by atoms with Gasteiger partial charge in [-0.1, -0.05) is 33.8 Å². The second-order valence-corrected chi connectivity index (χ2v) is 6.72. The topological polar surface area (TPSA) is 50.4 Å². The van der Waals surface area contributed by atoms with Gasteiger partial charge in [0.2, 0.25) is 0 Å². The molecule has 0 heterocycles. The highest BCUT2D eigenvalue weighted by Gasteiger charge is 2.19. The number of carbonyl (C=O) groups is 1. The fourth-order valence-electron chi connectivity index (χ4n) is 2.61. The summed E-state index contributed by atoms with van der Waals surface area (Å²) in [6.45, 7) is 12.7. The highest BCUT2D eigenvalue weighted by atomic mass is 32.1. The van der Waals surface area contributed by atoms with E-state index in [1.807, 2.05) is 19.1 Å². The molecule has 0 saturated carbocycles. The summed E-state index contributed by atoms with van der Waals surface area (Å²) in [6.07, 6.45) is 0. The van der Waals surface area contributed by atoms with E-state index in [-0.39, 0.29) is 5.97 Å². The van der Waals surface area contributed by atoms with Crippen LogP contribution in [0.5, 0.6) is 0 Å². The second-order valence-electron chi connectivity index (χ2n) is 6.31. The molecule has 0 atom stereocenters. The quantitative estimate of drug-likeness (QED) is 0.604. The lowest BCUT2D eigenvalue weighted by Gasteiger charge is -2.28. The van der Waals surface area contributed by atoms with Crippen LogP contribution in [-0.2, 0) is 4.74 Å². The molecule has 23 heavy (non-hydrogen) atoms. The van der Waals surface area contributed by atoms with Gasteiger partial charge in [0.25, 0.3) is 0 Å². The largest absolute Gasteiger partial charge is 0.462 e. The number of esters is 1. The van der Waals surface area contributed by atoms with Crippen LogP contribution in [0.15, 0.2) is 18.2 Å². The molecule has 0 aromatic heterocycles. The van der Waals surface area contributed by atoms with Gasteiger partial charge in [0, 0.05) is 11.7 Å². The molecule has 0 aliphatic rings. The van der Waals surface area contributed by atoms with E-state index >= 15 is 0 Å². The Morgan fingerprint density at radius 2 is 1.83 bits per heavy atom. The van der Waals surface area contributed by atoms with E-state index in [4.69, 9.17) is 17.0 Å². The monoisotopic (exact) mass is 336 g/mol. The molecule has 0 amide bonds. The summed E-state index contributed by atoms with van der Waals surface area (Å²) in [5, 5.41) is 7.14. The van der Waals surface area contributed by atoms with Crippen molar-refractivity contribution in [3.63, 3.8) is 0 Å². The molecular weight excluding hydrogens is 308 g/mol. The number of carbonyl (C=O) groups excluding carboxylic acids is 1. The highest BCUT2D eigenvalue weighted by molar-refractivity contribution is 7.80. The van der Waals surface area contributed by atoms with Crippen molar-refractivity contribution < 1.29 is 9.53 Å². The van der Waals surface area contributed by atoms with Crippen molar-refractivity contribution in [1.82, 2.24) is 5.32 Å². The van der Waals surface area contributed by atoms with Gasteiger partial charge in [-0.05, 0) is 55.6 Å². The maximum absolute atomic E-state index is 12.0. The van der Waals surface area contributed by atoms with Gasteiger partial charge in [-0.25, -0.2) is 4.79 Å². The predicted molar refractivity (Wildman–Crippen MR) is 100.0 cm³/mol. The van der Waals surface area contributed by atoms with Gasteiger partial charge < -0.3 is 15.4 Å². The van der Waals surface area contributed by atoms with Gasteiger partial charge in [-0.3, -0.25) is 0 Å². The molecule has 5 heteroatoms. The molecule has 0 aliphatic heterocycles. The average Bonchev–Trinajstić information content (AvgIpc) is 2.46. The molecule has 4 nitrogen and oxygen atoms in total. The number of rotatable bonds is 6. The zero-order valence-electron chi connectivity index (χ0n) is 14.9. The number of hydrogen-bond donors (Lipinski definition) is 2. The van der Waals surface area contributed by atoms with Crippen LogP contribution in [0, 0.1) is 18.8 Å². The number of hydrogen-bond acceptors (Lipinski definition) is 3.